The predicted octanol–water partition coefficient (Wildman–Crippen LogP) is 1.94. The topological polar surface area (TPSA) is 57.6 Å². The van der Waals surface area contributed by atoms with E-state index in [4.69, 9.17) is 5.11 Å². The lowest BCUT2D eigenvalue weighted by molar-refractivity contribution is -0.118. The van der Waals surface area contributed by atoms with Crippen LogP contribution < -0.4 is 4.90 Å². The highest BCUT2D eigenvalue weighted by Gasteiger charge is 2.15. The first-order valence-corrected chi connectivity index (χ1v) is 5.77. The van der Waals surface area contributed by atoms with Crippen molar-refractivity contribution in [3.05, 3.63) is 29.8 Å². The van der Waals surface area contributed by atoms with Crippen LogP contribution in [-0.4, -0.2) is 29.9 Å². The number of aromatic carboxylic acids is 1. The van der Waals surface area contributed by atoms with Crippen LogP contribution in [0.3, 0.4) is 0 Å². The second-order valence-electron chi connectivity index (χ2n) is 4.23. The van der Waals surface area contributed by atoms with E-state index in [1.54, 1.807) is 18.2 Å². The monoisotopic (exact) mass is 233 g/mol. The largest absolute Gasteiger partial charge is 0.478 e. The van der Waals surface area contributed by atoms with Crippen LogP contribution in [-0.2, 0) is 4.79 Å². The van der Waals surface area contributed by atoms with Crippen LogP contribution >= 0.6 is 0 Å². The highest BCUT2D eigenvalue weighted by molar-refractivity contribution is 5.89. The van der Waals surface area contributed by atoms with Crippen molar-refractivity contribution in [2.24, 2.45) is 0 Å². The molecule has 2 rings (SSSR count). The van der Waals surface area contributed by atoms with Crippen molar-refractivity contribution in [3.8, 4) is 0 Å². The number of ketones is 1. The van der Waals surface area contributed by atoms with Gasteiger partial charge in [0.15, 0.2) is 0 Å². The maximum atomic E-state index is 11.3. The zero-order valence-electron chi connectivity index (χ0n) is 9.56. The summed E-state index contributed by atoms with van der Waals surface area (Å²) in [5, 5.41) is 8.93. The number of nitrogens with zero attached hydrogens (tertiary/aromatic N) is 1. The molecule has 0 amide bonds. The average molecular weight is 233 g/mol. The molecule has 0 spiro atoms. The molecule has 1 aliphatic heterocycles. The molecule has 0 atom stereocenters. The van der Waals surface area contributed by atoms with Gasteiger partial charge < -0.3 is 10.0 Å². The van der Waals surface area contributed by atoms with Crippen molar-refractivity contribution in [2.45, 2.75) is 19.3 Å². The second kappa shape index (κ2) is 4.99. The summed E-state index contributed by atoms with van der Waals surface area (Å²) in [5.74, 6) is -0.625. The Balaban J connectivity index is 2.18. The molecule has 1 aromatic carbocycles. The summed E-state index contributed by atoms with van der Waals surface area (Å²) in [4.78, 5) is 24.3. The summed E-state index contributed by atoms with van der Waals surface area (Å²) in [6, 6.07) is 6.88. The van der Waals surface area contributed by atoms with Gasteiger partial charge in [-0.05, 0) is 24.6 Å². The molecule has 0 aromatic heterocycles. The van der Waals surface area contributed by atoms with Crippen LogP contribution in [0, 0.1) is 0 Å². The van der Waals surface area contributed by atoms with Gasteiger partial charge in [-0.25, -0.2) is 4.79 Å². The number of rotatable bonds is 2. The van der Waals surface area contributed by atoms with Gasteiger partial charge in [0.25, 0.3) is 0 Å². The Morgan fingerprint density at radius 3 is 2.82 bits per heavy atom. The maximum Gasteiger partial charge on any atom is 0.335 e. The first-order chi connectivity index (χ1) is 8.16. The van der Waals surface area contributed by atoms with E-state index < -0.39 is 5.97 Å². The van der Waals surface area contributed by atoms with Crippen LogP contribution in [0.15, 0.2) is 24.3 Å². The molecule has 1 fully saturated rings. The number of Topliss-reactive ketones (excluding diaryl/α,β-unsaturated/α-hetero) is 1. The molecule has 0 unspecified atom stereocenters. The van der Waals surface area contributed by atoms with E-state index in [1.165, 1.54) is 0 Å². The third-order valence-electron chi connectivity index (χ3n) is 3.00. The SMILES string of the molecule is O=C1CCCN(c2cccc(C(=O)O)c2)CC1. The quantitative estimate of drug-likeness (QED) is 0.848. The summed E-state index contributed by atoms with van der Waals surface area (Å²) in [5.41, 5.74) is 1.18. The minimum atomic E-state index is -0.919. The number of carbonyl (C=O) groups excluding carboxylic acids is 1. The lowest BCUT2D eigenvalue weighted by Gasteiger charge is -2.22. The lowest BCUT2D eigenvalue weighted by Crippen LogP contribution is -2.24. The van der Waals surface area contributed by atoms with E-state index in [9.17, 15) is 9.59 Å². The summed E-state index contributed by atoms with van der Waals surface area (Å²) < 4.78 is 0. The summed E-state index contributed by atoms with van der Waals surface area (Å²) in [6.45, 7) is 1.50. The molecule has 0 bridgehead atoms. The van der Waals surface area contributed by atoms with Crippen molar-refractivity contribution in [1.29, 1.82) is 0 Å². The van der Waals surface area contributed by atoms with Crippen molar-refractivity contribution in [3.63, 3.8) is 0 Å². The Hall–Kier alpha value is -1.84. The Morgan fingerprint density at radius 2 is 2.06 bits per heavy atom. The van der Waals surface area contributed by atoms with Crippen LogP contribution in [0.25, 0.3) is 0 Å². The fourth-order valence-corrected chi connectivity index (χ4v) is 2.06. The van der Waals surface area contributed by atoms with Crippen molar-refractivity contribution in [2.75, 3.05) is 18.0 Å². The summed E-state index contributed by atoms with van der Waals surface area (Å²) in [7, 11) is 0. The maximum absolute atomic E-state index is 11.3. The third kappa shape index (κ3) is 2.84. The molecule has 0 radical (unpaired) electrons. The molecule has 1 aromatic rings. The van der Waals surface area contributed by atoms with Crippen molar-refractivity contribution >= 4 is 17.4 Å². The van der Waals surface area contributed by atoms with Crippen molar-refractivity contribution < 1.29 is 14.7 Å². The number of carbonyl (C=O) groups is 2. The minimum absolute atomic E-state index is 0.290. The first-order valence-electron chi connectivity index (χ1n) is 5.77. The molecule has 4 heteroatoms. The molecule has 1 N–H and O–H groups in total. The van der Waals surface area contributed by atoms with Gasteiger partial charge in [-0.2, -0.15) is 0 Å². The van der Waals surface area contributed by atoms with E-state index >= 15 is 0 Å². The van der Waals surface area contributed by atoms with Gasteiger partial charge in [-0.3, -0.25) is 4.79 Å². The highest BCUT2D eigenvalue weighted by Crippen LogP contribution is 2.19. The standard InChI is InChI=1S/C13H15NO3/c15-12-5-2-7-14(8-6-12)11-4-1-3-10(9-11)13(16)17/h1,3-4,9H,2,5-8H2,(H,16,17). The van der Waals surface area contributed by atoms with Gasteiger partial charge >= 0.3 is 5.97 Å². The van der Waals surface area contributed by atoms with Gasteiger partial charge in [0.2, 0.25) is 0 Å². The van der Waals surface area contributed by atoms with Gasteiger partial charge in [-0.1, -0.05) is 6.07 Å². The molecule has 90 valence electrons. The summed E-state index contributed by atoms with van der Waals surface area (Å²) >= 11 is 0. The van der Waals surface area contributed by atoms with Gasteiger partial charge in [0, 0.05) is 31.6 Å². The Kier molecular flexibility index (Phi) is 3.42. The molecular weight excluding hydrogens is 218 g/mol. The molecule has 1 heterocycles. The lowest BCUT2D eigenvalue weighted by atomic mass is 10.2. The third-order valence-corrected chi connectivity index (χ3v) is 3.00. The Labute approximate surface area is 99.9 Å². The van der Waals surface area contributed by atoms with Crippen molar-refractivity contribution in [1.82, 2.24) is 0 Å². The Morgan fingerprint density at radius 1 is 1.24 bits per heavy atom. The smallest absolute Gasteiger partial charge is 0.335 e. The molecule has 0 saturated carbocycles. The fraction of sp³-hybridized carbons (Fsp3) is 0.385. The molecule has 0 aliphatic carbocycles. The number of hydrogen-bond donors (Lipinski definition) is 1. The predicted molar refractivity (Wildman–Crippen MR) is 64.5 cm³/mol. The van der Waals surface area contributed by atoms with E-state index in [0.717, 1.165) is 18.7 Å². The normalized spacial score (nSPS) is 16.7. The number of carboxylic acid groups (broad SMARTS) is 1. The summed E-state index contributed by atoms with van der Waals surface area (Å²) in [6.07, 6.45) is 2.03. The van der Waals surface area contributed by atoms with E-state index in [0.29, 0.717) is 25.2 Å². The second-order valence-corrected chi connectivity index (χ2v) is 4.23. The van der Waals surface area contributed by atoms with Gasteiger partial charge in [0.05, 0.1) is 5.56 Å². The Bertz CT molecular complexity index is 442. The van der Waals surface area contributed by atoms with Crippen LogP contribution in [0.1, 0.15) is 29.6 Å². The van der Waals surface area contributed by atoms with Gasteiger partial charge in [0.1, 0.15) is 5.78 Å². The minimum Gasteiger partial charge on any atom is -0.478 e. The zero-order valence-corrected chi connectivity index (χ0v) is 9.56. The number of benzene rings is 1. The van der Waals surface area contributed by atoms with Crippen LogP contribution in [0.2, 0.25) is 0 Å². The van der Waals surface area contributed by atoms with E-state index in [-0.39, 0.29) is 5.56 Å². The molecule has 1 saturated heterocycles. The fourth-order valence-electron chi connectivity index (χ4n) is 2.06. The van der Waals surface area contributed by atoms with Crippen LogP contribution in [0.4, 0.5) is 5.69 Å². The van der Waals surface area contributed by atoms with E-state index in [1.807, 2.05) is 6.07 Å². The molecule has 4 nitrogen and oxygen atoms in total. The zero-order chi connectivity index (χ0) is 12.3. The molecular formula is C13H15NO3. The van der Waals surface area contributed by atoms with Crippen LogP contribution in [0.5, 0.6) is 0 Å². The average Bonchev–Trinajstić information content (AvgIpc) is 2.54. The highest BCUT2D eigenvalue weighted by atomic mass is 16.4. The number of carboxylic acids is 1. The molecule has 1 aliphatic rings. The number of anilines is 1. The van der Waals surface area contributed by atoms with Gasteiger partial charge in [-0.15, -0.1) is 0 Å². The van der Waals surface area contributed by atoms with E-state index in [2.05, 4.69) is 4.90 Å². The first kappa shape index (κ1) is 11.6. The molecule has 17 heavy (non-hydrogen) atoms. The number of hydrogen-bond acceptors (Lipinski definition) is 3.